The van der Waals surface area contributed by atoms with Crippen molar-refractivity contribution in [3.05, 3.63) is 0 Å². The van der Waals surface area contributed by atoms with Gasteiger partial charge < -0.3 is 4.74 Å². The molecule has 0 heterocycles. The van der Waals surface area contributed by atoms with E-state index >= 15 is 0 Å². The van der Waals surface area contributed by atoms with Crippen LogP contribution in [0.1, 0.15) is 32.6 Å². The second-order valence-corrected chi connectivity index (χ2v) is 6.68. The fourth-order valence-electron chi connectivity index (χ4n) is 1.08. The van der Waals surface area contributed by atoms with Gasteiger partial charge in [0.25, 0.3) is 5.92 Å². The molecule has 0 aliphatic carbocycles. The first-order valence-corrected chi connectivity index (χ1v) is 7.56. The van der Waals surface area contributed by atoms with E-state index in [1.165, 1.54) is 0 Å². The Labute approximate surface area is 99.5 Å². The Hall–Kier alpha value is 0.0600. The molecule has 0 radical (unpaired) electrons. The van der Waals surface area contributed by atoms with Crippen molar-refractivity contribution >= 4 is 19.7 Å². The van der Waals surface area contributed by atoms with Gasteiger partial charge in [0.05, 0.1) is 5.75 Å². The highest BCUT2D eigenvalue weighted by atomic mass is 35.7. The van der Waals surface area contributed by atoms with Crippen molar-refractivity contribution in [3.63, 3.8) is 0 Å². The summed E-state index contributed by atoms with van der Waals surface area (Å²) in [6, 6.07) is 0. The first-order valence-electron chi connectivity index (χ1n) is 5.09. The van der Waals surface area contributed by atoms with E-state index in [1.54, 1.807) is 0 Å². The third kappa shape index (κ3) is 14.1. The van der Waals surface area contributed by atoms with Crippen LogP contribution in [0.15, 0.2) is 0 Å². The molecule has 0 fully saturated rings. The van der Waals surface area contributed by atoms with Gasteiger partial charge in [-0.1, -0.05) is 12.8 Å². The maximum absolute atomic E-state index is 12.3. The zero-order valence-corrected chi connectivity index (χ0v) is 10.8. The minimum Gasteiger partial charge on any atom is -0.375 e. The Morgan fingerprint density at radius 2 is 1.75 bits per heavy atom. The monoisotopic (exact) mass is 278 g/mol. The molecule has 16 heavy (non-hydrogen) atoms. The van der Waals surface area contributed by atoms with Crippen LogP contribution < -0.4 is 0 Å². The molecule has 0 aliphatic heterocycles. The zero-order chi connectivity index (χ0) is 12.7. The van der Waals surface area contributed by atoms with Crippen LogP contribution in [0, 0.1) is 0 Å². The lowest BCUT2D eigenvalue weighted by Crippen LogP contribution is -2.19. The molecular weight excluding hydrogens is 262 g/mol. The fraction of sp³-hybridized carbons (Fsp3) is 1.00. The molecule has 3 nitrogen and oxygen atoms in total. The molecule has 0 atom stereocenters. The minimum absolute atomic E-state index is 0.0392. The summed E-state index contributed by atoms with van der Waals surface area (Å²) in [4.78, 5) is 0. The van der Waals surface area contributed by atoms with Gasteiger partial charge in [-0.25, -0.2) is 17.2 Å². The Balaban J connectivity index is 3.23. The fourth-order valence-corrected chi connectivity index (χ4v) is 1.96. The second-order valence-electron chi connectivity index (χ2n) is 3.78. The van der Waals surface area contributed by atoms with Gasteiger partial charge in [-0.05, 0) is 12.8 Å². The van der Waals surface area contributed by atoms with Crippen molar-refractivity contribution in [2.24, 2.45) is 0 Å². The molecule has 0 aromatic rings. The van der Waals surface area contributed by atoms with Crippen LogP contribution in [0.5, 0.6) is 0 Å². The van der Waals surface area contributed by atoms with Crippen molar-refractivity contribution in [2.45, 2.75) is 38.5 Å². The lowest BCUT2D eigenvalue weighted by Gasteiger charge is -2.10. The van der Waals surface area contributed by atoms with Crippen LogP contribution in [-0.4, -0.2) is 33.3 Å². The lowest BCUT2D eigenvalue weighted by atomic mass is 10.2. The Bertz CT molecular complexity index is 275. The lowest BCUT2D eigenvalue weighted by molar-refractivity contribution is -0.0628. The average Bonchev–Trinajstić information content (AvgIpc) is 2.06. The molecule has 0 spiro atoms. The van der Waals surface area contributed by atoms with Crippen LogP contribution in [-0.2, 0) is 13.8 Å². The predicted molar refractivity (Wildman–Crippen MR) is 59.5 cm³/mol. The number of hydrogen-bond donors (Lipinski definition) is 0. The number of alkyl halides is 2. The quantitative estimate of drug-likeness (QED) is 0.481. The standard InChI is InChI=1S/C9H17ClF2O3S/c1-9(11,12)8-15-6-4-2-3-5-7-16(10,13)14/h2-8H2,1H3. The Morgan fingerprint density at radius 3 is 2.25 bits per heavy atom. The van der Waals surface area contributed by atoms with E-state index in [1.807, 2.05) is 0 Å². The Morgan fingerprint density at radius 1 is 1.19 bits per heavy atom. The third-order valence-corrected chi connectivity index (χ3v) is 3.02. The smallest absolute Gasteiger partial charge is 0.268 e. The largest absolute Gasteiger partial charge is 0.375 e. The zero-order valence-electron chi connectivity index (χ0n) is 9.22. The van der Waals surface area contributed by atoms with Gasteiger partial charge in [-0.3, -0.25) is 0 Å². The Kier molecular flexibility index (Phi) is 7.43. The van der Waals surface area contributed by atoms with E-state index in [4.69, 9.17) is 15.4 Å². The van der Waals surface area contributed by atoms with Crippen LogP contribution in [0.25, 0.3) is 0 Å². The first kappa shape index (κ1) is 16.1. The van der Waals surface area contributed by atoms with E-state index in [2.05, 4.69) is 0 Å². The molecular formula is C9H17ClF2O3S. The summed E-state index contributed by atoms with van der Waals surface area (Å²) in [6.45, 7) is 0.512. The van der Waals surface area contributed by atoms with Crippen molar-refractivity contribution in [1.29, 1.82) is 0 Å². The van der Waals surface area contributed by atoms with Gasteiger partial charge >= 0.3 is 0 Å². The normalized spacial score (nSPS) is 13.0. The van der Waals surface area contributed by atoms with E-state index in [9.17, 15) is 17.2 Å². The highest BCUT2D eigenvalue weighted by Crippen LogP contribution is 2.12. The first-order chi connectivity index (χ1) is 7.21. The number of unbranched alkanes of at least 4 members (excludes halogenated alkanes) is 3. The van der Waals surface area contributed by atoms with Gasteiger partial charge in [0, 0.05) is 24.2 Å². The molecule has 0 aromatic heterocycles. The van der Waals surface area contributed by atoms with Crippen LogP contribution in [0.2, 0.25) is 0 Å². The molecule has 7 heteroatoms. The summed E-state index contributed by atoms with van der Waals surface area (Å²) in [7, 11) is 1.61. The van der Waals surface area contributed by atoms with E-state index in [0.717, 1.165) is 13.3 Å². The van der Waals surface area contributed by atoms with Gasteiger partial charge in [-0.15, -0.1) is 0 Å². The second kappa shape index (κ2) is 7.40. The van der Waals surface area contributed by atoms with Crippen molar-refractivity contribution < 1.29 is 21.9 Å². The summed E-state index contributed by atoms with van der Waals surface area (Å²) in [5.41, 5.74) is 0. The SMILES string of the molecule is CC(F)(F)COCCCCCCS(=O)(=O)Cl. The molecule has 98 valence electrons. The maximum atomic E-state index is 12.3. The maximum Gasteiger partial charge on any atom is 0.268 e. The summed E-state index contributed by atoms with van der Waals surface area (Å²) >= 11 is 0. The molecule has 0 rings (SSSR count). The molecule has 0 bridgehead atoms. The van der Waals surface area contributed by atoms with E-state index in [0.29, 0.717) is 19.3 Å². The molecule has 0 N–H and O–H groups in total. The molecule has 0 aromatic carbocycles. The summed E-state index contributed by atoms with van der Waals surface area (Å²) in [5.74, 6) is -2.82. The summed E-state index contributed by atoms with van der Waals surface area (Å²) in [5, 5.41) is 0. The van der Waals surface area contributed by atoms with Gasteiger partial charge in [-0.2, -0.15) is 0 Å². The predicted octanol–water partition coefficient (Wildman–Crippen LogP) is 2.79. The van der Waals surface area contributed by atoms with E-state index < -0.39 is 21.6 Å². The van der Waals surface area contributed by atoms with Crippen LogP contribution in [0.4, 0.5) is 8.78 Å². The van der Waals surface area contributed by atoms with Gasteiger partial charge in [0.2, 0.25) is 9.05 Å². The number of halogens is 3. The molecule has 0 amide bonds. The highest BCUT2D eigenvalue weighted by Gasteiger charge is 2.20. The molecule has 0 unspecified atom stereocenters. The number of ether oxygens (including phenoxy) is 1. The third-order valence-electron chi connectivity index (χ3n) is 1.78. The molecule has 0 saturated heterocycles. The topological polar surface area (TPSA) is 43.4 Å². The van der Waals surface area contributed by atoms with Crippen molar-refractivity contribution in [3.8, 4) is 0 Å². The van der Waals surface area contributed by atoms with E-state index in [-0.39, 0.29) is 12.4 Å². The summed E-state index contributed by atoms with van der Waals surface area (Å²) < 4.78 is 50.4. The number of hydrogen-bond acceptors (Lipinski definition) is 3. The highest BCUT2D eigenvalue weighted by molar-refractivity contribution is 8.13. The van der Waals surface area contributed by atoms with Crippen LogP contribution in [0.3, 0.4) is 0 Å². The number of rotatable bonds is 9. The molecule has 0 saturated carbocycles. The van der Waals surface area contributed by atoms with Crippen molar-refractivity contribution in [2.75, 3.05) is 19.0 Å². The van der Waals surface area contributed by atoms with Crippen LogP contribution >= 0.6 is 10.7 Å². The van der Waals surface area contributed by atoms with Gasteiger partial charge in [0.15, 0.2) is 0 Å². The van der Waals surface area contributed by atoms with Gasteiger partial charge in [0.1, 0.15) is 6.61 Å². The molecule has 0 aliphatic rings. The average molecular weight is 279 g/mol. The summed E-state index contributed by atoms with van der Waals surface area (Å²) in [6.07, 6.45) is 2.60. The minimum atomic E-state index is -3.40. The van der Waals surface area contributed by atoms with Crippen molar-refractivity contribution in [1.82, 2.24) is 0 Å².